The second-order valence-corrected chi connectivity index (χ2v) is 23.5. The topological polar surface area (TPSA) is 73.8 Å². The molecule has 0 aliphatic carbocycles. The van der Waals surface area contributed by atoms with Crippen LogP contribution < -0.4 is 26.2 Å². The van der Waals surface area contributed by atoms with Gasteiger partial charge in [0.05, 0.1) is 111 Å². The molecule has 6 heterocycles. The summed E-state index contributed by atoms with van der Waals surface area (Å²) >= 11 is 0. The van der Waals surface area contributed by atoms with Crippen LogP contribution >= 0.6 is 0 Å². The smallest absolute Gasteiger partial charge is 0.252 e. The first-order chi connectivity index (χ1) is 59.0. The Bertz CT molecular complexity index is 7880. The Labute approximate surface area is 581 Å². The molecule has 434 valence electrons. The third-order valence-corrected chi connectivity index (χ3v) is 17.8. The number of hydrogen-bond acceptors (Lipinski definition) is 4. The predicted molar refractivity (Wildman–Crippen MR) is 386 cm³/mol. The summed E-state index contributed by atoms with van der Waals surface area (Å²) in [6.45, 7) is 4.42. The molecule has 17 aromatic rings. The van der Waals surface area contributed by atoms with E-state index in [0.29, 0.717) is 16.5 Å². The van der Waals surface area contributed by atoms with E-state index in [-0.39, 0.29) is 161 Å². The van der Waals surface area contributed by atoms with Crippen molar-refractivity contribution >= 4 is 144 Å². The van der Waals surface area contributed by atoms with Crippen LogP contribution in [0.4, 0.5) is 34.1 Å². The zero-order chi connectivity index (χ0) is 89.8. The largest absolute Gasteiger partial charge is 0.311 e. The molecule has 0 N–H and O–H groups in total. The van der Waals surface area contributed by atoms with Crippen molar-refractivity contribution in [3.8, 4) is 34.9 Å². The molecule has 0 saturated heterocycles. The fourth-order valence-corrected chi connectivity index (χ4v) is 13.9. The van der Waals surface area contributed by atoms with E-state index in [1.807, 2.05) is 32.9 Å². The van der Waals surface area contributed by atoms with Gasteiger partial charge in [-0.2, -0.15) is 10.5 Å². The van der Waals surface area contributed by atoms with Crippen molar-refractivity contribution < 1.29 is 43.9 Å². The van der Waals surface area contributed by atoms with Gasteiger partial charge in [0, 0.05) is 82.9 Å². The highest BCUT2D eigenvalue weighted by Gasteiger charge is 2.45. The summed E-state index contributed by atoms with van der Waals surface area (Å²) in [5.74, 6) is 0. The number of aromatic nitrogens is 4. The summed E-state index contributed by atoms with van der Waals surface area (Å²) < 4.78 is 302. The SMILES string of the molecule is [2H]c1c([2H])c([2H])c2c(c1[2H])c1c([2H])c([2H])c([2H])c([2H])c1n2-c1ccc2c(c1)N(c1ccc(C#N)c(-n3c4c([2H])c([2H])c([2H])c([2H])c4c4c([2H])c([2H])c([2H])c([2H])c43)c1)c1cc(C(C)(C)C)cc3c1B2c1ccc(-n2c4c([2H])c([2H])c([2H])c([2H])c4c4c([2H])c([2H])c([2H])c([2H])c42)cc1N3c1cccc(-n2c3c([2H])c([2H])c([2H])c([2H])c3c3c([2H])c([2H])c([2H])c([2H])c32)c1C#N. The van der Waals surface area contributed by atoms with Crippen molar-refractivity contribution in [2.45, 2.75) is 26.2 Å². The molecule has 19 rings (SSSR count). The van der Waals surface area contributed by atoms with Crippen molar-refractivity contribution in [2.75, 3.05) is 9.80 Å². The van der Waals surface area contributed by atoms with E-state index in [4.69, 9.17) is 21.9 Å². The van der Waals surface area contributed by atoms with Crippen LogP contribution in [0.25, 0.3) is 110 Å². The molecule has 2 aliphatic rings. The molecule has 0 amide bonds. The van der Waals surface area contributed by atoms with Gasteiger partial charge in [-0.25, -0.2) is 0 Å². The van der Waals surface area contributed by atoms with E-state index in [0.717, 1.165) is 0 Å². The van der Waals surface area contributed by atoms with Gasteiger partial charge < -0.3 is 28.1 Å². The summed E-state index contributed by atoms with van der Waals surface area (Å²) in [5.41, 5.74) is -2.68. The highest BCUT2D eigenvalue weighted by molar-refractivity contribution is 7.00. The van der Waals surface area contributed by atoms with E-state index >= 15 is 0 Å². The molecule has 0 bridgehead atoms. The van der Waals surface area contributed by atoms with Crippen molar-refractivity contribution in [1.82, 2.24) is 18.3 Å². The highest BCUT2D eigenvalue weighted by atomic mass is 15.2. The van der Waals surface area contributed by atoms with Gasteiger partial charge in [0.1, 0.15) is 17.7 Å². The van der Waals surface area contributed by atoms with Gasteiger partial charge in [-0.15, -0.1) is 0 Å². The minimum atomic E-state index is -1.19. The van der Waals surface area contributed by atoms with E-state index in [9.17, 15) is 32.5 Å². The number of hydrogen-bond donors (Lipinski definition) is 0. The molecular weight excluding hydrogens is 1130 g/mol. The molecule has 93 heavy (non-hydrogen) atoms. The Morgan fingerprint density at radius 1 is 0.333 bits per heavy atom. The molecule has 0 saturated carbocycles. The maximum absolute atomic E-state index is 12.5. The number of nitriles is 2. The Morgan fingerprint density at radius 2 is 0.677 bits per heavy atom. The summed E-state index contributed by atoms with van der Waals surface area (Å²) in [6.07, 6.45) is 0. The summed E-state index contributed by atoms with van der Waals surface area (Å²) in [7, 11) is 0. The number of fused-ring (bicyclic) bond motifs is 16. The van der Waals surface area contributed by atoms with Crippen molar-refractivity contribution in [3.05, 3.63) is 295 Å². The number of para-hydroxylation sites is 8. The molecule has 13 aromatic carbocycles. The third kappa shape index (κ3) is 7.42. The van der Waals surface area contributed by atoms with Crippen LogP contribution in [-0.2, 0) is 5.41 Å². The molecule has 9 heteroatoms. The molecule has 0 atom stereocenters. The molecular formula is C84H55BN8. The normalized spacial score (nSPS) is 17.6. The lowest BCUT2D eigenvalue weighted by atomic mass is 9.33. The molecule has 0 spiro atoms. The number of rotatable bonds is 6. The monoisotopic (exact) mass is 1220 g/mol. The molecule has 8 nitrogen and oxygen atoms in total. The van der Waals surface area contributed by atoms with Gasteiger partial charge in [-0.3, -0.25) is 0 Å². The fraction of sp³-hybridized carbons (Fsp3) is 0.0476. The fourth-order valence-electron chi connectivity index (χ4n) is 13.9. The van der Waals surface area contributed by atoms with Crippen molar-refractivity contribution in [1.29, 1.82) is 10.5 Å². The minimum absolute atomic E-state index is 0.00790. The minimum Gasteiger partial charge on any atom is -0.311 e. The van der Waals surface area contributed by atoms with E-state index in [2.05, 4.69) is 12.1 Å². The first-order valence-corrected chi connectivity index (χ1v) is 29.2. The van der Waals surface area contributed by atoms with Gasteiger partial charge in [0.25, 0.3) is 6.71 Å². The lowest BCUT2D eigenvalue weighted by molar-refractivity contribution is 0.590. The van der Waals surface area contributed by atoms with Crippen LogP contribution in [0.1, 0.15) is 81.3 Å². The Kier molecular flexibility index (Phi) is 6.33. The standard InChI is InChI=1S/C84H55BN8/c1-84(2,3)53-45-81-83-82(46-53)93(77-38-20-37-76(65(77)51-87)91-72-33-16-8-25-61(72)62-26-9-17-34-73(62)91)80-49-56(89-70-31-14-6-23-59(70)60-24-7-15-32-71(60)89)42-44-67(80)85(83)66-43-41-55(88-68-29-12-4-21-57(68)58-22-5-13-30-69(58)88)48-79(66)90(81)54-40-39-52(50-86)78(47-54)92-74-35-18-10-27-63(74)64-28-11-19-36-75(64)92/h4-49H,1-3H3/i4D,5D,6D,7D,8D,9D,10D,11D,12D,13D,14D,15D,16D,17D,18D,19D,21D,22D,23D,24D,25D,26D,27D,28D,29D,30D,31D,32D,33D,34D,35D,36D. The lowest BCUT2D eigenvalue weighted by Crippen LogP contribution is -2.61. The summed E-state index contributed by atoms with van der Waals surface area (Å²) in [5, 5.41) is 21.5. The van der Waals surface area contributed by atoms with Crippen LogP contribution in [0, 0.1) is 22.7 Å². The average molecular weight is 1220 g/mol. The first kappa shape index (κ1) is 30.0. The molecule has 4 aromatic heterocycles. The molecule has 0 fully saturated rings. The van der Waals surface area contributed by atoms with Crippen molar-refractivity contribution in [2.24, 2.45) is 0 Å². The van der Waals surface area contributed by atoms with Crippen LogP contribution in [0.15, 0.2) is 278 Å². The summed E-state index contributed by atoms with van der Waals surface area (Å²) in [4.78, 5) is 3.36. The second kappa shape index (κ2) is 19.6. The van der Waals surface area contributed by atoms with Gasteiger partial charge in [-0.1, -0.05) is 184 Å². The molecule has 0 unspecified atom stereocenters. The van der Waals surface area contributed by atoms with Gasteiger partial charge in [-0.05, 0) is 142 Å². The first-order valence-electron chi connectivity index (χ1n) is 45.2. The average Bonchev–Trinajstić information content (AvgIpc) is 1.64. The number of anilines is 6. The van der Waals surface area contributed by atoms with Crippen molar-refractivity contribution in [3.63, 3.8) is 0 Å². The lowest BCUT2D eigenvalue weighted by Gasteiger charge is -2.45. The number of benzene rings is 13. The Hall–Kier alpha value is -12.3. The molecule has 2 aliphatic heterocycles. The third-order valence-electron chi connectivity index (χ3n) is 17.8. The molecule has 0 radical (unpaired) electrons. The van der Waals surface area contributed by atoms with Gasteiger partial charge in [0.2, 0.25) is 0 Å². The van der Waals surface area contributed by atoms with Crippen LogP contribution in [-0.4, -0.2) is 25.0 Å². The van der Waals surface area contributed by atoms with Crippen LogP contribution in [0.3, 0.4) is 0 Å². The van der Waals surface area contributed by atoms with Gasteiger partial charge >= 0.3 is 0 Å². The Morgan fingerprint density at radius 3 is 1.08 bits per heavy atom. The maximum atomic E-state index is 12.5. The predicted octanol–water partition coefficient (Wildman–Crippen LogP) is 19.2. The zero-order valence-corrected chi connectivity index (χ0v) is 48.7. The van der Waals surface area contributed by atoms with E-state index < -0.39 is 205 Å². The Balaban J connectivity index is 1.01. The van der Waals surface area contributed by atoms with Gasteiger partial charge in [0.15, 0.2) is 0 Å². The maximum Gasteiger partial charge on any atom is 0.252 e. The second-order valence-electron chi connectivity index (χ2n) is 23.5. The quantitative estimate of drug-likeness (QED) is 0.156. The van der Waals surface area contributed by atoms with Crippen LogP contribution in [0.5, 0.6) is 0 Å². The number of nitrogens with zero attached hydrogens (tertiary/aromatic N) is 8. The van der Waals surface area contributed by atoms with E-state index in [1.54, 1.807) is 40.1 Å². The van der Waals surface area contributed by atoms with E-state index in [1.165, 1.54) is 60.7 Å². The zero-order valence-electron chi connectivity index (χ0n) is 80.7. The highest BCUT2D eigenvalue weighted by Crippen LogP contribution is 2.50. The summed E-state index contributed by atoms with van der Waals surface area (Å²) in [6, 6.07) is 3.55. The van der Waals surface area contributed by atoms with Crippen LogP contribution in [0.2, 0.25) is 0 Å².